The van der Waals surface area contributed by atoms with E-state index in [-0.39, 0.29) is 5.91 Å². The molecule has 0 radical (unpaired) electrons. The second-order valence-corrected chi connectivity index (χ2v) is 6.35. The first-order valence-electron chi connectivity index (χ1n) is 7.30. The summed E-state index contributed by atoms with van der Waals surface area (Å²) in [6.07, 6.45) is 3.15. The molecule has 0 saturated heterocycles. The summed E-state index contributed by atoms with van der Waals surface area (Å²) in [7, 11) is 4.12. The van der Waals surface area contributed by atoms with E-state index in [0.717, 1.165) is 35.9 Å². The van der Waals surface area contributed by atoms with E-state index in [1.54, 1.807) is 17.5 Å². The molecule has 2 aromatic heterocycles. The summed E-state index contributed by atoms with van der Waals surface area (Å²) in [5.41, 5.74) is 0.723. The molecule has 0 aliphatic heterocycles. The Hall–Kier alpha value is -1.92. The first-order valence-corrected chi connectivity index (χ1v) is 8.18. The zero-order valence-corrected chi connectivity index (χ0v) is 13.8. The van der Waals surface area contributed by atoms with Crippen LogP contribution in [0.1, 0.15) is 11.3 Å². The van der Waals surface area contributed by atoms with Crippen molar-refractivity contribution in [1.29, 1.82) is 0 Å². The van der Waals surface area contributed by atoms with E-state index in [1.807, 2.05) is 29.6 Å². The van der Waals surface area contributed by atoms with Crippen LogP contribution in [0.25, 0.3) is 0 Å². The Labute approximate surface area is 135 Å². The van der Waals surface area contributed by atoms with E-state index >= 15 is 0 Å². The standard InChI is InChI=1S/C16H22N4OS/c1-20(2)9-4-8-17-15-7-6-13(12-18-15)19-16(21)11-14-5-3-10-22-14/h3,5-7,10,12H,4,8-9,11H2,1-2H3,(H,17,18)(H,19,21). The number of carbonyl (C=O) groups is 1. The molecule has 0 aromatic carbocycles. The molecular weight excluding hydrogens is 296 g/mol. The number of hydrogen-bond donors (Lipinski definition) is 2. The van der Waals surface area contributed by atoms with Crippen molar-refractivity contribution in [3.05, 3.63) is 40.7 Å². The minimum atomic E-state index is -0.0176. The van der Waals surface area contributed by atoms with E-state index in [9.17, 15) is 4.79 Å². The number of hydrogen-bond acceptors (Lipinski definition) is 5. The molecule has 0 unspecified atom stereocenters. The van der Waals surface area contributed by atoms with Crippen LogP contribution in [0, 0.1) is 0 Å². The maximum Gasteiger partial charge on any atom is 0.229 e. The number of nitrogens with one attached hydrogen (secondary N) is 2. The third-order valence-electron chi connectivity index (χ3n) is 3.05. The second-order valence-electron chi connectivity index (χ2n) is 5.32. The molecule has 0 atom stereocenters. The Morgan fingerprint density at radius 3 is 2.82 bits per heavy atom. The molecule has 6 heteroatoms. The maximum atomic E-state index is 11.9. The van der Waals surface area contributed by atoms with E-state index in [1.165, 1.54) is 0 Å². The van der Waals surface area contributed by atoms with Gasteiger partial charge in [-0.15, -0.1) is 11.3 Å². The van der Waals surface area contributed by atoms with Gasteiger partial charge >= 0.3 is 0 Å². The predicted molar refractivity (Wildman–Crippen MR) is 92.6 cm³/mol. The molecule has 2 heterocycles. The second kappa shape index (κ2) is 8.51. The van der Waals surface area contributed by atoms with Gasteiger partial charge in [0.2, 0.25) is 5.91 Å². The largest absolute Gasteiger partial charge is 0.370 e. The SMILES string of the molecule is CN(C)CCCNc1ccc(NC(=O)Cc2cccs2)cn1. The predicted octanol–water partition coefficient (Wildman–Crippen LogP) is 2.69. The van der Waals surface area contributed by atoms with Crippen LogP contribution >= 0.6 is 11.3 Å². The molecule has 5 nitrogen and oxygen atoms in total. The highest BCUT2D eigenvalue weighted by Gasteiger charge is 2.05. The van der Waals surface area contributed by atoms with E-state index in [4.69, 9.17) is 0 Å². The van der Waals surface area contributed by atoms with E-state index < -0.39 is 0 Å². The third kappa shape index (κ3) is 5.83. The first-order chi connectivity index (χ1) is 10.6. The van der Waals surface area contributed by atoms with Gasteiger partial charge in [-0.25, -0.2) is 4.98 Å². The summed E-state index contributed by atoms with van der Waals surface area (Å²) in [5.74, 6) is 0.811. The quantitative estimate of drug-likeness (QED) is 0.735. The average Bonchev–Trinajstić information content (AvgIpc) is 2.98. The lowest BCUT2D eigenvalue weighted by Gasteiger charge is -2.10. The van der Waals surface area contributed by atoms with Crippen molar-refractivity contribution in [2.24, 2.45) is 0 Å². The zero-order chi connectivity index (χ0) is 15.8. The normalized spacial score (nSPS) is 10.7. The molecule has 2 N–H and O–H groups in total. The Bertz CT molecular complexity index is 566. The van der Waals surface area contributed by atoms with Crippen molar-refractivity contribution in [3.63, 3.8) is 0 Å². The molecule has 2 aromatic rings. The fourth-order valence-electron chi connectivity index (χ4n) is 1.96. The maximum absolute atomic E-state index is 11.9. The fourth-order valence-corrected chi connectivity index (χ4v) is 2.66. The summed E-state index contributed by atoms with van der Waals surface area (Å²) < 4.78 is 0. The molecule has 0 bridgehead atoms. The van der Waals surface area contributed by atoms with Gasteiger partial charge in [0.15, 0.2) is 0 Å². The molecule has 0 saturated carbocycles. The lowest BCUT2D eigenvalue weighted by atomic mass is 10.3. The van der Waals surface area contributed by atoms with Crippen LogP contribution in [0.15, 0.2) is 35.8 Å². The molecule has 22 heavy (non-hydrogen) atoms. The zero-order valence-electron chi connectivity index (χ0n) is 13.0. The Kier molecular flexibility index (Phi) is 6.36. The van der Waals surface area contributed by atoms with Crippen molar-refractivity contribution >= 4 is 28.7 Å². The van der Waals surface area contributed by atoms with Crippen LogP contribution in [0.4, 0.5) is 11.5 Å². The summed E-state index contributed by atoms with van der Waals surface area (Å²) in [5, 5.41) is 8.10. The molecule has 0 fully saturated rings. The van der Waals surface area contributed by atoms with Gasteiger partial charge < -0.3 is 15.5 Å². The van der Waals surface area contributed by atoms with E-state index in [0.29, 0.717) is 6.42 Å². The number of rotatable bonds is 8. The van der Waals surface area contributed by atoms with Gasteiger partial charge in [-0.05, 0) is 50.6 Å². The Morgan fingerprint density at radius 2 is 2.18 bits per heavy atom. The highest BCUT2D eigenvalue weighted by Crippen LogP contribution is 2.12. The fraction of sp³-hybridized carbons (Fsp3) is 0.375. The molecule has 0 spiro atoms. The minimum absolute atomic E-state index is 0.0176. The van der Waals surface area contributed by atoms with Gasteiger partial charge in [0.25, 0.3) is 0 Å². The molecular formula is C16H22N4OS. The van der Waals surface area contributed by atoms with Gasteiger partial charge in [0.05, 0.1) is 18.3 Å². The topological polar surface area (TPSA) is 57.3 Å². The van der Waals surface area contributed by atoms with Gasteiger partial charge in [0, 0.05) is 11.4 Å². The number of carbonyl (C=O) groups excluding carboxylic acids is 1. The van der Waals surface area contributed by atoms with Gasteiger partial charge in [0.1, 0.15) is 5.82 Å². The van der Waals surface area contributed by atoms with Gasteiger partial charge in [-0.1, -0.05) is 6.07 Å². The summed E-state index contributed by atoms with van der Waals surface area (Å²) in [4.78, 5) is 19.4. The number of aromatic nitrogens is 1. The van der Waals surface area contributed by atoms with Crippen LogP contribution in [0.5, 0.6) is 0 Å². The minimum Gasteiger partial charge on any atom is -0.370 e. The van der Waals surface area contributed by atoms with E-state index in [2.05, 4.69) is 34.6 Å². The van der Waals surface area contributed by atoms with Crippen molar-refractivity contribution in [3.8, 4) is 0 Å². The molecule has 0 aliphatic carbocycles. The number of amides is 1. The molecule has 118 valence electrons. The number of nitrogens with zero attached hydrogens (tertiary/aromatic N) is 2. The van der Waals surface area contributed by atoms with Crippen molar-refractivity contribution in [1.82, 2.24) is 9.88 Å². The Balaban J connectivity index is 1.75. The van der Waals surface area contributed by atoms with Crippen molar-refractivity contribution in [2.75, 3.05) is 37.8 Å². The number of pyridine rings is 1. The molecule has 2 rings (SSSR count). The first kappa shape index (κ1) is 16.5. The smallest absolute Gasteiger partial charge is 0.229 e. The lowest BCUT2D eigenvalue weighted by Crippen LogP contribution is -2.16. The van der Waals surface area contributed by atoms with Crippen LogP contribution in [-0.2, 0) is 11.2 Å². The van der Waals surface area contributed by atoms with Crippen LogP contribution in [0.3, 0.4) is 0 Å². The summed E-state index contributed by atoms with van der Waals surface area (Å²) in [6.45, 7) is 1.93. The van der Waals surface area contributed by atoms with Crippen molar-refractivity contribution in [2.45, 2.75) is 12.8 Å². The highest BCUT2D eigenvalue weighted by molar-refractivity contribution is 7.10. The highest BCUT2D eigenvalue weighted by atomic mass is 32.1. The molecule has 0 aliphatic rings. The summed E-state index contributed by atoms with van der Waals surface area (Å²) in [6, 6.07) is 7.67. The van der Waals surface area contributed by atoms with Crippen LogP contribution < -0.4 is 10.6 Å². The van der Waals surface area contributed by atoms with Gasteiger partial charge in [-0.2, -0.15) is 0 Å². The van der Waals surface area contributed by atoms with Crippen LogP contribution in [0.2, 0.25) is 0 Å². The van der Waals surface area contributed by atoms with Gasteiger partial charge in [-0.3, -0.25) is 4.79 Å². The number of anilines is 2. The van der Waals surface area contributed by atoms with Crippen LogP contribution in [-0.4, -0.2) is 43.0 Å². The number of thiophene rings is 1. The monoisotopic (exact) mass is 318 g/mol. The lowest BCUT2D eigenvalue weighted by molar-refractivity contribution is -0.115. The van der Waals surface area contributed by atoms with Crippen molar-refractivity contribution < 1.29 is 4.79 Å². The third-order valence-corrected chi connectivity index (χ3v) is 3.93. The average molecular weight is 318 g/mol. The Morgan fingerprint density at radius 1 is 1.32 bits per heavy atom. The summed E-state index contributed by atoms with van der Waals surface area (Å²) >= 11 is 1.59. The molecule has 1 amide bonds.